The van der Waals surface area contributed by atoms with Gasteiger partial charge in [-0.15, -0.1) is 0 Å². The van der Waals surface area contributed by atoms with E-state index in [1.54, 1.807) is 42.6 Å². The van der Waals surface area contributed by atoms with E-state index in [2.05, 4.69) is 5.32 Å². The number of amides is 1. The van der Waals surface area contributed by atoms with Crippen LogP contribution in [0.4, 0.5) is 11.4 Å². The minimum absolute atomic E-state index is 0.0173. The van der Waals surface area contributed by atoms with Gasteiger partial charge in [0.15, 0.2) is 0 Å². The summed E-state index contributed by atoms with van der Waals surface area (Å²) in [5.74, 6) is -1.70. The van der Waals surface area contributed by atoms with Gasteiger partial charge in [-0.3, -0.25) is 4.79 Å². The molecule has 2 aromatic carbocycles. The van der Waals surface area contributed by atoms with E-state index in [1.165, 1.54) is 25.2 Å². The predicted molar refractivity (Wildman–Crippen MR) is 122 cm³/mol. The molecule has 0 radical (unpaired) electrons. The number of hydrogen-bond acceptors (Lipinski definition) is 6. The molecule has 1 amide bonds. The molecule has 1 aliphatic heterocycles. The number of carbonyl (C=O) groups excluding carboxylic acids is 3. The van der Waals surface area contributed by atoms with Crippen molar-refractivity contribution in [1.29, 1.82) is 0 Å². The Morgan fingerprint density at radius 2 is 1.66 bits per heavy atom. The van der Waals surface area contributed by atoms with Crippen LogP contribution in [-0.2, 0) is 19.1 Å². The molecule has 0 atom stereocenters. The van der Waals surface area contributed by atoms with Crippen molar-refractivity contribution in [2.24, 2.45) is 0 Å². The summed E-state index contributed by atoms with van der Waals surface area (Å²) in [5.41, 5.74) is 3.68. The summed E-state index contributed by atoms with van der Waals surface area (Å²) in [6.45, 7) is 3.91. The number of methoxy groups -OCH3 is 2. The van der Waals surface area contributed by atoms with Gasteiger partial charge in [0, 0.05) is 23.1 Å². The fourth-order valence-electron chi connectivity index (χ4n) is 3.31. The van der Waals surface area contributed by atoms with E-state index in [-0.39, 0.29) is 17.2 Å². The standard InChI is InChI=1S/C25H24N2O5/c1-16-11-12-21(17(2)14-16)26-23(28)18-8-7-9-19(15-18)27-13-6-5-10-20(24(29)31-3)22(27)25(30)32-4/h5-15H,1-4H3,(H,26,28). The third kappa shape index (κ3) is 4.78. The molecule has 0 spiro atoms. The molecule has 1 N–H and O–H groups in total. The average Bonchev–Trinajstić information content (AvgIpc) is 3.03. The maximum atomic E-state index is 12.9. The molecular formula is C25H24N2O5. The second kappa shape index (κ2) is 9.78. The van der Waals surface area contributed by atoms with Gasteiger partial charge in [-0.05, 0) is 55.8 Å². The van der Waals surface area contributed by atoms with Crippen molar-refractivity contribution in [2.45, 2.75) is 13.8 Å². The van der Waals surface area contributed by atoms with Crippen LogP contribution in [0.5, 0.6) is 0 Å². The summed E-state index contributed by atoms with van der Waals surface area (Å²) in [6, 6.07) is 12.5. The lowest BCUT2D eigenvalue weighted by Gasteiger charge is -2.23. The quantitative estimate of drug-likeness (QED) is 0.718. The third-order valence-electron chi connectivity index (χ3n) is 4.91. The maximum Gasteiger partial charge on any atom is 0.355 e. The van der Waals surface area contributed by atoms with Crippen LogP contribution in [0.15, 0.2) is 78.2 Å². The number of rotatable bonds is 5. The van der Waals surface area contributed by atoms with Gasteiger partial charge >= 0.3 is 11.9 Å². The van der Waals surface area contributed by atoms with Crippen molar-refractivity contribution in [1.82, 2.24) is 0 Å². The number of hydrogen-bond donors (Lipinski definition) is 1. The van der Waals surface area contributed by atoms with Crippen LogP contribution in [-0.4, -0.2) is 32.1 Å². The highest BCUT2D eigenvalue weighted by Gasteiger charge is 2.27. The van der Waals surface area contributed by atoms with E-state index in [0.717, 1.165) is 11.1 Å². The molecule has 0 aliphatic carbocycles. The third-order valence-corrected chi connectivity index (χ3v) is 4.91. The van der Waals surface area contributed by atoms with Crippen molar-refractivity contribution in [2.75, 3.05) is 24.4 Å². The Balaban J connectivity index is 2.00. The van der Waals surface area contributed by atoms with Gasteiger partial charge in [0.1, 0.15) is 5.70 Å². The van der Waals surface area contributed by atoms with Gasteiger partial charge < -0.3 is 19.7 Å². The molecule has 2 aromatic rings. The minimum Gasteiger partial charge on any atom is -0.465 e. The van der Waals surface area contributed by atoms with E-state index in [1.807, 2.05) is 32.0 Å². The molecule has 7 nitrogen and oxygen atoms in total. The van der Waals surface area contributed by atoms with Crippen LogP contribution >= 0.6 is 0 Å². The molecule has 0 unspecified atom stereocenters. The number of carbonyl (C=O) groups is 3. The summed E-state index contributed by atoms with van der Waals surface area (Å²) in [4.78, 5) is 39.3. The fourth-order valence-corrected chi connectivity index (χ4v) is 3.31. The summed E-state index contributed by atoms with van der Waals surface area (Å²) in [7, 11) is 2.47. The maximum absolute atomic E-state index is 12.9. The summed E-state index contributed by atoms with van der Waals surface area (Å²) < 4.78 is 9.74. The molecule has 0 fully saturated rings. The van der Waals surface area contributed by atoms with E-state index >= 15 is 0 Å². The van der Waals surface area contributed by atoms with Gasteiger partial charge in [-0.1, -0.05) is 29.8 Å². The number of esters is 2. The molecule has 1 heterocycles. The number of nitrogens with zero attached hydrogens (tertiary/aromatic N) is 1. The molecular weight excluding hydrogens is 408 g/mol. The number of nitrogens with one attached hydrogen (secondary N) is 1. The first kappa shape index (κ1) is 22.6. The lowest BCUT2D eigenvalue weighted by molar-refractivity contribution is -0.139. The van der Waals surface area contributed by atoms with Crippen LogP contribution in [0.1, 0.15) is 21.5 Å². The largest absolute Gasteiger partial charge is 0.465 e. The Kier molecular flexibility index (Phi) is 6.90. The van der Waals surface area contributed by atoms with Gasteiger partial charge in [-0.25, -0.2) is 9.59 Å². The molecule has 1 aliphatic rings. The highest BCUT2D eigenvalue weighted by molar-refractivity contribution is 6.07. The zero-order chi connectivity index (χ0) is 23.3. The Bertz CT molecular complexity index is 1160. The molecule has 164 valence electrons. The smallest absolute Gasteiger partial charge is 0.355 e. The van der Waals surface area contributed by atoms with Crippen molar-refractivity contribution in [3.63, 3.8) is 0 Å². The zero-order valence-corrected chi connectivity index (χ0v) is 18.3. The minimum atomic E-state index is -0.716. The first-order valence-corrected chi connectivity index (χ1v) is 9.89. The van der Waals surface area contributed by atoms with Crippen molar-refractivity contribution >= 4 is 29.2 Å². The van der Waals surface area contributed by atoms with Crippen LogP contribution in [0.3, 0.4) is 0 Å². The molecule has 32 heavy (non-hydrogen) atoms. The average molecular weight is 432 g/mol. The normalized spacial score (nSPS) is 12.9. The van der Waals surface area contributed by atoms with E-state index < -0.39 is 11.9 Å². The topological polar surface area (TPSA) is 84.9 Å². The lowest BCUT2D eigenvalue weighted by Crippen LogP contribution is -2.27. The van der Waals surface area contributed by atoms with E-state index in [4.69, 9.17) is 9.47 Å². The number of anilines is 2. The SMILES string of the molecule is COC(=O)C1=C(C(=O)OC)N(c2cccc(C(=O)Nc3ccc(C)cc3C)c2)C=CC=C1. The van der Waals surface area contributed by atoms with Crippen LogP contribution < -0.4 is 10.2 Å². The highest BCUT2D eigenvalue weighted by Crippen LogP contribution is 2.27. The van der Waals surface area contributed by atoms with Crippen molar-refractivity contribution in [3.05, 3.63) is 94.9 Å². The van der Waals surface area contributed by atoms with E-state index in [9.17, 15) is 14.4 Å². The van der Waals surface area contributed by atoms with Crippen molar-refractivity contribution in [3.8, 4) is 0 Å². The fraction of sp³-hybridized carbons (Fsp3) is 0.160. The van der Waals surface area contributed by atoms with E-state index in [0.29, 0.717) is 16.9 Å². The Morgan fingerprint density at radius 3 is 2.34 bits per heavy atom. The summed E-state index contributed by atoms with van der Waals surface area (Å²) in [6.07, 6.45) is 6.37. The van der Waals surface area contributed by atoms with Crippen molar-refractivity contribution < 1.29 is 23.9 Å². The monoisotopic (exact) mass is 432 g/mol. The number of allylic oxidation sites excluding steroid dienone is 2. The predicted octanol–water partition coefficient (Wildman–Crippen LogP) is 4.05. The lowest BCUT2D eigenvalue weighted by atomic mass is 10.1. The van der Waals surface area contributed by atoms with Gasteiger partial charge in [0.05, 0.1) is 19.8 Å². The van der Waals surface area contributed by atoms with Crippen LogP contribution in [0, 0.1) is 13.8 Å². The molecule has 0 aromatic heterocycles. The molecule has 0 saturated carbocycles. The summed E-state index contributed by atoms with van der Waals surface area (Å²) in [5, 5.41) is 2.91. The number of aryl methyl sites for hydroxylation is 2. The van der Waals surface area contributed by atoms with Crippen LogP contribution in [0.25, 0.3) is 0 Å². The Morgan fingerprint density at radius 1 is 0.906 bits per heavy atom. The first-order chi connectivity index (χ1) is 15.3. The molecule has 3 rings (SSSR count). The van der Waals surface area contributed by atoms with Gasteiger partial charge in [-0.2, -0.15) is 0 Å². The summed E-state index contributed by atoms with van der Waals surface area (Å²) >= 11 is 0. The highest BCUT2D eigenvalue weighted by atomic mass is 16.5. The first-order valence-electron chi connectivity index (χ1n) is 9.89. The van der Waals surface area contributed by atoms with Gasteiger partial charge in [0.25, 0.3) is 5.91 Å². The Hall–Kier alpha value is -4.13. The number of ether oxygens (including phenoxy) is 2. The molecule has 0 bridgehead atoms. The second-order valence-corrected chi connectivity index (χ2v) is 7.14. The molecule has 7 heteroatoms. The molecule has 0 saturated heterocycles. The second-order valence-electron chi connectivity index (χ2n) is 7.14. The zero-order valence-electron chi connectivity index (χ0n) is 18.3. The van der Waals surface area contributed by atoms with Gasteiger partial charge in [0.2, 0.25) is 0 Å². The number of benzene rings is 2. The Labute approximate surface area is 186 Å². The van der Waals surface area contributed by atoms with Crippen LogP contribution in [0.2, 0.25) is 0 Å².